The molecule has 3 aromatic rings. The van der Waals surface area contributed by atoms with E-state index in [2.05, 4.69) is 20.9 Å². The summed E-state index contributed by atoms with van der Waals surface area (Å²) in [6.07, 6.45) is 1.73. The molecular weight excluding hydrogens is 338 g/mol. The van der Waals surface area contributed by atoms with E-state index in [-0.39, 0.29) is 5.78 Å². The maximum atomic E-state index is 12.6. The number of fused-ring (bicyclic) bond motifs is 1. The number of carbonyl (C=O) groups is 1. The lowest BCUT2D eigenvalue weighted by Gasteiger charge is -2.04. The fourth-order valence-corrected chi connectivity index (χ4v) is 2.92. The van der Waals surface area contributed by atoms with E-state index in [1.54, 1.807) is 18.3 Å². The molecule has 0 amide bonds. The zero-order chi connectivity index (χ0) is 14.3. The number of benzene rings is 2. The van der Waals surface area contributed by atoms with Gasteiger partial charge >= 0.3 is 0 Å². The zero-order valence-electron chi connectivity index (χ0n) is 10.7. The summed E-state index contributed by atoms with van der Waals surface area (Å²) in [7, 11) is 0. The highest BCUT2D eigenvalue weighted by molar-refractivity contribution is 9.10. The Labute approximate surface area is 129 Å². The minimum absolute atomic E-state index is 0.0661. The number of carbonyl (C=O) groups excluding carboxylic acids is 1. The smallest absolute Gasteiger partial charge is 0.196 e. The molecule has 4 heteroatoms. The second-order valence-corrected chi connectivity index (χ2v) is 6.03. The third kappa shape index (κ3) is 2.28. The molecule has 2 aromatic carbocycles. The molecule has 0 spiro atoms. The van der Waals surface area contributed by atoms with Gasteiger partial charge in [-0.05, 0) is 36.8 Å². The standard InChI is InChI=1S/C16H11BrClNO/c1-9-2-4-12(14(18)6-9)16(20)13-8-19-15-7-10(17)3-5-11(13)15/h2-8,19H,1H3. The highest BCUT2D eigenvalue weighted by Crippen LogP contribution is 2.27. The van der Waals surface area contributed by atoms with E-state index in [0.29, 0.717) is 16.1 Å². The molecule has 0 unspecified atom stereocenters. The van der Waals surface area contributed by atoms with Crippen molar-refractivity contribution in [2.45, 2.75) is 6.92 Å². The van der Waals surface area contributed by atoms with Crippen LogP contribution in [0.1, 0.15) is 21.5 Å². The number of hydrogen-bond acceptors (Lipinski definition) is 1. The molecule has 0 radical (unpaired) electrons. The Morgan fingerprint density at radius 1 is 1.15 bits per heavy atom. The lowest BCUT2D eigenvalue weighted by molar-refractivity contribution is 0.104. The predicted octanol–water partition coefficient (Wildman–Crippen LogP) is 5.12. The van der Waals surface area contributed by atoms with E-state index in [9.17, 15) is 4.79 Å². The summed E-state index contributed by atoms with van der Waals surface area (Å²) < 4.78 is 0.971. The van der Waals surface area contributed by atoms with E-state index in [1.165, 1.54) is 0 Å². The summed E-state index contributed by atoms with van der Waals surface area (Å²) in [4.78, 5) is 15.7. The summed E-state index contributed by atoms with van der Waals surface area (Å²) in [5, 5.41) is 1.39. The van der Waals surface area contributed by atoms with Crippen LogP contribution in [0.3, 0.4) is 0 Å². The molecule has 0 aliphatic heterocycles. The first-order chi connectivity index (χ1) is 9.56. The van der Waals surface area contributed by atoms with Gasteiger partial charge in [0, 0.05) is 32.7 Å². The molecule has 0 saturated carbocycles. The quantitative estimate of drug-likeness (QED) is 0.640. The molecule has 0 saturated heterocycles. The van der Waals surface area contributed by atoms with E-state index in [4.69, 9.17) is 11.6 Å². The van der Waals surface area contributed by atoms with Crippen LogP contribution in [0.2, 0.25) is 5.02 Å². The molecule has 1 aromatic heterocycles. The number of aromatic nitrogens is 1. The average molecular weight is 349 g/mol. The lowest BCUT2D eigenvalue weighted by atomic mass is 10.0. The maximum absolute atomic E-state index is 12.6. The molecule has 0 atom stereocenters. The SMILES string of the molecule is Cc1ccc(C(=O)c2c[nH]c3cc(Br)ccc23)c(Cl)c1. The molecule has 2 nitrogen and oxygen atoms in total. The van der Waals surface area contributed by atoms with Crippen molar-refractivity contribution in [2.24, 2.45) is 0 Å². The first kappa shape index (κ1) is 13.4. The normalized spacial score (nSPS) is 10.9. The van der Waals surface area contributed by atoms with Crippen molar-refractivity contribution in [1.82, 2.24) is 4.98 Å². The van der Waals surface area contributed by atoms with Crippen molar-refractivity contribution in [3.8, 4) is 0 Å². The van der Waals surface area contributed by atoms with Crippen LogP contribution in [0.25, 0.3) is 10.9 Å². The highest BCUT2D eigenvalue weighted by Gasteiger charge is 2.16. The van der Waals surface area contributed by atoms with Gasteiger partial charge in [-0.3, -0.25) is 4.79 Å². The Hall–Kier alpha value is -1.58. The van der Waals surface area contributed by atoms with E-state index >= 15 is 0 Å². The van der Waals surface area contributed by atoms with Gasteiger partial charge in [0.25, 0.3) is 0 Å². The zero-order valence-corrected chi connectivity index (χ0v) is 13.0. The number of rotatable bonds is 2. The van der Waals surface area contributed by atoms with Gasteiger partial charge in [-0.25, -0.2) is 0 Å². The Morgan fingerprint density at radius 2 is 1.95 bits per heavy atom. The van der Waals surface area contributed by atoms with Crippen LogP contribution >= 0.6 is 27.5 Å². The van der Waals surface area contributed by atoms with Gasteiger partial charge in [-0.15, -0.1) is 0 Å². The molecule has 3 rings (SSSR count). The van der Waals surface area contributed by atoms with Gasteiger partial charge in [-0.1, -0.05) is 39.7 Å². The van der Waals surface area contributed by atoms with Crippen molar-refractivity contribution in [3.63, 3.8) is 0 Å². The van der Waals surface area contributed by atoms with E-state index in [1.807, 2.05) is 31.2 Å². The third-order valence-corrected chi connectivity index (χ3v) is 4.06. The number of aryl methyl sites for hydroxylation is 1. The third-order valence-electron chi connectivity index (χ3n) is 3.26. The van der Waals surface area contributed by atoms with Crippen LogP contribution in [0.15, 0.2) is 47.1 Å². The van der Waals surface area contributed by atoms with Crippen LogP contribution in [-0.4, -0.2) is 10.8 Å². The Kier molecular flexibility index (Phi) is 3.40. The Bertz CT molecular complexity index is 822. The number of hydrogen-bond donors (Lipinski definition) is 1. The summed E-state index contributed by atoms with van der Waals surface area (Å²) in [5.41, 5.74) is 3.12. The van der Waals surface area contributed by atoms with Gasteiger partial charge in [0.15, 0.2) is 5.78 Å². The lowest BCUT2D eigenvalue weighted by Crippen LogP contribution is -2.01. The van der Waals surface area contributed by atoms with Crippen LogP contribution in [0.4, 0.5) is 0 Å². The van der Waals surface area contributed by atoms with Gasteiger partial charge in [-0.2, -0.15) is 0 Å². The van der Waals surface area contributed by atoms with E-state index in [0.717, 1.165) is 20.9 Å². The molecular formula is C16H11BrClNO. The minimum Gasteiger partial charge on any atom is -0.360 e. The first-order valence-electron chi connectivity index (χ1n) is 6.14. The van der Waals surface area contributed by atoms with Crippen molar-refractivity contribution < 1.29 is 4.79 Å². The molecule has 20 heavy (non-hydrogen) atoms. The number of nitrogens with one attached hydrogen (secondary N) is 1. The summed E-state index contributed by atoms with van der Waals surface area (Å²) in [5.74, 6) is -0.0661. The molecule has 0 fully saturated rings. The molecule has 1 heterocycles. The van der Waals surface area contributed by atoms with E-state index < -0.39 is 0 Å². The van der Waals surface area contributed by atoms with Gasteiger partial charge in [0.2, 0.25) is 0 Å². The number of aromatic amines is 1. The highest BCUT2D eigenvalue weighted by atomic mass is 79.9. The van der Waals surface area contributed by atoms with Crippen molar-refractivity contribution in [2.75, 3.05) is 0 Å². The number of halogens is 2. The van der Waals surface area contributed by atoms with Crippen LogP contribution in [0.5, 0.6) is 0 Å². The second kappa shape index (κ2) is 5.08. The first-order valence-corrected chi connectivity index (χ1v) is 7.31. The molecule has 0 aliphatic carbocycles. The van der Waals surface area contributed by atoms with Gasteiger partial charge in [0.1, 0.15) is 0 Å². The fraction of sp³-hybridized carbons (Fsp3) is 0.0625. The van der Waals surface area contributed by atoms with Crippen LogP contribution in [0, 0.1) is 6.92 Å². The van der Waals surface area contributed by atoms with Crippen LogP contribution in [-0.2, 0) is 0 Å². The minimum atomic E-state index is -0.0661. The number of ketones is 1. The maximum Gasteiger partial charge on any atom is 0.196 e. The molecule has 0 aliphatic rings. The van der Waals surface area contributed by atoms with Crippen molar-refractivity contribution >= 4 is 44.2 Å². The summed E-state index contributed by atoms with van der Waals surface area (Å²) in [6.45, 7) is 1.95. The summed E-state index contributed by atoms with van der Waals surface area (Å²) >= 11 is 9.60. The molecule has 0 bridgehead atoms. The second-order valence-electron chi connectivity index (χ2n) is 4.70. The van der Waals surface area contributed by atoms with Crippen molar-refractivity contribution in [1.29, 1.82) is 0 Å². The number of H-pyrrole nitrogens is 1. The van der Waals surface area contributed by atoms with Gasteiger partial charge < -0.3 is 4.98 Å². The Morgan fingerprint density at radius 3 is 2.70 bits per heavy atom. The summed E-state index contributed by atoms with van der Waals surface area (Å²) in [6, 6.07) is 11.3. The predicted molar refractivity (Wildman–Crippen MR) is 85.6 cm³/mol. The molecule has 1 N–H and O–H groups in total. The Balaban J connectivity index is 2.13. The molecule has 100 valence electrons. The van der Waals surface area contributed by atoms with Crippen molar-refractivity contribution in [3.05, 3.63) is 68.8 Å². The monoisotopic (exact) mass is 347 g/mol. The van der Waals surface area contributed by atoms with Crippen LogP contribution < -0.4 is 0 Å². The van der Waals surface area contributed by atoms with Gasteiger partial charge in [0.05, 0.1) is 5.02 Å². The largest absolute Gasteiger partial charge is 0.360 e. The average Bonchev–Trinajstić information content (AvgIpc) is 2.80. The topological polar surface area (TPSA) is 32.9 Å². The fourth-order valence-electron chi connectivity index (χ4n) is 2.24.